The minimum absolute atomic E-state index is 0.0638. The first-order valence-corrected chi connectivity index (χ1v) is 7.20. The van der Waals surface area contributed by atoms with Crippen LogP contribution in [0.25, 0.3) is 0 Å². The van der Waals surface area contributed by atoms with Crippen LogP contribution in [0, 0.1) is 5.41 Å². The third-order valence-corrected chi connectivity index (χ3v) is 4.11. The quantitative estimate of drug-likeness (QED) is 0.630. The first-order chi connectivity index (χ1) is 9.24. The van der Waals surface area contributed by atoms with Crippen LogP contribution in [0.4, 0.5) is 0 Å². The first-order valence-electron chi connectivity index (χ1n) is 6.79. The Labute approximate surface area is 125 Å². The molecule has 1 aliphatic rings. The molecule has 114 valence electrons. The predicted molar refractivity (Wildman–Crippen MR) is 82.0 cm³/mol. The zero-order valence-corrected chi connectivity index (χ0v) is 13.0. The Morgan fingerprint density at radius 3 is 2.50 bits per heavy atom. The number of amides is 2. The maximum absolute atomic E-state index is 11.9. The lowest BCUT2D eigenvalue weighted by atomic mass is 9.89. The molecule has 0 aromatic heterocycles. The van der Waals surface area contributed by atoms with Gasteiger partial charge in [-0.1, -0.05) is 12.2 Å². The van der Waals surface area contributed by atoms with Crippen LogP contribution in [0.3, 0.4) is 0 Å². The van der Waals surface area contributed by atoms with Crippen molar-refractivity contribution in [3.05, 3.63) is 0 Å². The summed E-state index contributed by atoms with van der Waals surface area (Å²) in [6.07, 6.45) is 1.73. The number of nitrogens with two attached hydrogens (primary N) is 2. The first kappa shape index (κ1) is 16.8. The minimum Gasteiger partial charge on any atom is -0.393 e. The van der Waals surface area contributed by atoms with E-state index in [1.165, 1.54) is 0 Å². The van der Waals surface area contributed by atoms with Gasteiger partial charge in [0.25, 0.3) is 0 Å². The molecule has 0 saturated carbocycles. The topological polar surface area (TPSA) is 92.7 Å². The molecule has 0 aromatic carbocycles. The van der Waals surface area contributed by atoms with Gasteiger partial charge in [0, 0.05) is 39.5 Å². The maximum atomic E-state index is 11.9. The average molecular weight is 300 g/mol. The summed E-state index contributed by atoms with van der Waals surface area (Å²) in [6.45, 7) is 4.52. The maximum Gasteiger partial charge on any atom is 0.224 e. The van der Waals surface area contributed by atoms with Gasteiger partial charge in [0.2, 0.25) is 11.8 Å². The third-order valence-electron chi connectivity index (χ3n) is 3.91. The Hall–Kier alpha value is -1.21. The number of hydrogen-bond donors (Lipinski definition) is 2. The second-order valence-corrected chi connectivity index (χ2v) is 6.26. The Bertz CT molecular complexity index is 402. The summed E-state index contributed by atoms with van der Waals surface area (Å²) in [5, 5.41) is 0. The lowest BCUT2D eigenvalue weighted by Crippen LogP contribution is -2.38. The highest BCUT2D eigenvalue weighted by Gasteiger charge is 2.38. The molecule has 1 heterocycles. The fraction of sp³-hybridized carbons (Fsp3) is 0.769. The van der Waals surface area contributed by atoms with E-state index in [0.29, 0.717) is 37.5 Å². The largest absolute Gasteiger partial charge is 0.393 e. The van der Waals surface area contributed by atoms with E-state index < -0.39 is 5.41 Å². The summed E-state index contributed by atoms with van der Waals surface area (Å²) in [4.78, 5) is 27.5. The third kappa shape index (κ3) is 4.72. The van der Waals surface area contributed by atoms with Crippen molar-refractivity contribution in [2.45, 2.75) is 26.2 Å². The average Bonchev–Trinajstić information content (AvgIpc) is 2.76. The van der Waals surface area contributed by atoms with E-state index in [1.807, 2.05) is 6.92 Å². The molecule has 2 amide bonds. The van der Waals surface area contributed by atoms with Crippen LogP contribution in [0.5, 0.6) is 0 Å². The zero-order chi connectivity index (χ0) is 15.3. The molecule has 1 unspecified atom stereocenters. The van der Waals surface area contributed by atoms with Gasteiger partial charge in [0.15, 0.2) is 0 Å². The summed E-state index contributed by atoms with van der Waals surface area (Å²) in [7, 11) is 1.75. The molecular formula is C13H24N4O2S. The van der Waals surface area contributed by atoms with Crippen molar-refractivity contribution in [1.82, 2.24) is 9.80 Å². The molecule has 0 radical (unpaired) electrons. The predicted octanol–water partition coefficient (Wildman–Crippen LogP) is -0.292. The van der Waals surface area contributed by atoms with Crippen LogP contribution in [0.15, 0.2) is 0 Å². The number of hydrogen-bond acceptors (Lipinski definition) is 4. The molecule has 0 aromatic rings. The second kappa shape index (κ2) is 6.99. The normalized spacial score (nSPS) is 22.7. The van der Waals surface area contributed by atoms with Gasteiger partial charge in [-0.05, 0) is 19.9 Å². The Morgan fingerprint density at radius 2 is 2.00 bits per heavy atom. The number of rotatable bonds is 7. The van der Waals surface area contributed by atoms with E-state index in [0.717, 1.165) is 13.0 Å². The van der Waals surface area contributed by atoms with E-state index in [1.54, 1.807) is 11.9 Å². The van der Waals surface area contributed by atoms with Crippen molar-refractivity contribution in [3.8, 4) is 0 Å². The lowest BCUT2D eigenvalue weighted by Gasteiger charge is -2.22. The standard InChI is InChI=1S/C13H24N4O2S/c1-13(12(15)19)5-8-17(9-13)7-4-11(18)16(2)6-3-10(14)20/h3-9H2,1-2H3,(H2,14,20)(H2,15,19). The SMILES string of the molecule is CN(CCC(N)=S)C(=O)CCN1CCC(C)(C(N)=O)C1. The fourth-order valence-electron chi connectivity index (χ4n) is 2.30. The van der Waals surface area contributed by atoms with Gasteiger partial charge in [-0.2, -0.15) is 0 Å². The minimum atomic E-state index is -0.458. The number of nitrogens with zero attached hydrogens (tertiary/aromatic N) is 2. The summed E-state index contributed by atoms with van der Waals surface area (Å²) < 4.78 is 0. The summed E-state index contributed by atoms with van der Waals surface area (Å²) in [6, 6.07) is 0. The van der Waals surface area contributed by atoms with E-state index in [4.69, 9.17) is 23.7 Å². The number of carbonyl (C=O) groups is 2. The highest BCUT2D eigenvalue weighted by Crippen LogP contribution is 2.29. The molecular weight excluding hydrogens is 276 g/mol. The van der Waals surface area contributed by atoms with Crippen LogP contribution in [-0.4, -0.2) is 59.8 Å². The number of likely N-dealkylation sites (tertiary alicyclic amines) is 1. The molecule has 1 rings (SSSR count). The Balaban J connectivity index is 2.32. The van der Waals surface area contributed by atoms with E-state index in [-0.39, 0.29) is 11.8 Å². The lowest BCUT2D eigenvalue weighted by molar-refractivity contribution is -0.130. The van der Waals surface area contributed by atoms with Crippen molar-refractivity contribution in [2.75, 3.05) is 33.2 Å². The molecule has 0 spiro atoms. The highest BCUT2D eigenvalue weighted by atomic mass is 32.1. The molecule has 6 nitrogen and oxygen atoms in total. The number of thiocarbonyl (C=S) groups is 1. The van der Waals surface area contributed by atoms with Crippen molar-refractivity contribution < 1.29 is 9.59 Å². The summed E-state index contributed by atoms with van der Waals surface area (Å²) in [5.41, 5.74) is 10.4. The summed E-state index contributed by atoms with van der Waals surface area (Å²) in [5.74, 6) is -0.200. The molecule has 1 fully saturated rings. The molecule has 1 saturated heterocycles. The second-order valence-electron chi connectivity index (χ2n) is 5.73. The Kier molecular flexibility index (Phi) is 5.88. The smallest absolute Gasteiger partial charge is 0.224 e. The van der Waals surface area contributed by atoms with Gasteiger partial charge >= 0.3 is 0 Å². The summed E-state index contributed by atoms with van der Waals surface area (Å²) >= 11 is 4.79. The molecule has 20 heavy (non-hydrogen) atoms. The van der Waals surface area contributed by atoms with Gasteiger partial charge in [-0.3, -0.25) is 9.59 Å². The van der Waals surface area contributed by atoms with Crippen LogP contribution in [0.2, 0.25) is 0 Å². The van der Waals surface area contributed by atoms with Crippen LogP contribution in [-0.2, 0) is 9.59 Å². The fourth-order valence-corrected chi connectivity index (χ4v) is 2.39. The van der Waals surface area contributed by atoms with Crippen LogP contribution < -0.4 is 11.5 Å². The van der Waals surface area contributed by atoms with Crippen molar-refractivity contribution in [3.63, 3.8) is 0 Å². The monoisotopic (exact) mass is 300 g/mol. The Morgan fingerprint density at radius 1 is 1.35 bits per heavy atom. The van der Waals surface area contributed by atoms with Crippen LogP contribution >= 0.6 is 12.2 Å². The van der Waals surface area contributed by atoms with E-state index in [2.05, 4.69) is 4.90 Å². The van der Waals surface area contributed by atoms with Crippen molar-refractivity contribution >= 4 is 29.0 Å². The van der Waals surface area contributed by atoms with Gasteiger partial charge in [-0.15, -0.1) is 0 Å². The number of primary amides is 1. The van der Waals surface area contributed by atoms with Gasteiger partial charge in [0.1, 0.15) is 0 Å². The van der Waals surface area contributed by atoms with E-state index >= 15 is 0 Å². The number of carbonyl (C=O) groups excluding carboxylic acids is 2. The van der Waals surface area contributed by atoms with Crippen LogP contribution in [0.1, 0.15) is 26.2 Å². The molecule has 4 N–H and O–H groups in total. The highest BCUT2D eigenvalue weighted by molar-refractivity contribution is 7.80. The molecule has 1 atom stereocenters. The van der Waals surface area contributed by atoms with Gasteiger partial charge < -0.3 is 21.3 Å². The molecule has 0 aliphatic carbocycles. The molecule has 0 bridgehead atoms. The van der Waals surface area contributed by atoms with Gasteiger partial charge in [0.05, 0.1) is 10.4 Å². The van der Waals surface area contributed by atoms with Crippen molar-refractivity contribution in [2.24, 2.45) is 16.9 Å². The molecule has 7 heteroatoms. The van der Waals surface area contributed by atoms with Gasteiger partial charge in [-0.25, -0.2) is 0 Å². The molecule has 1 aliphatic heterocycles. The zero-order valence-electron chi connectivity index (χ0n) is 12.2. The van der Waals surface area contributed by atoms with E-state index in [9.17, 15) is 9.59 Å². The van der Waals surface area contributed by atoms with Crippen molar-refractivity contribution in [1.29, 1.82) is 0 Å².